The van der Waals surface area contributed by atoms with Crippen molar-refractivity contribution in [2.24, 2.45) is 0 Å². The van der Waals surface area contributed by atoms with E-state index in [4.69, 9.17) is 9.31 Å². The van der Waals surface area contributed by atoms with Crippen LogP contribution in [0.2, 0.25) is 0 Å². The van der Waals surface area contributed by atoms with Crippen LogP contribution in [-0.2, 0) is 15.7 Å². The number of rotatable bonds is 4. The summed E-state index contributed by atoms with van der Waals surface area (Å²) in [5.74, 6) is 0. The lowest BCUT2D eigenvalue weighted by molar-refractivity contribution is 0.00578. The first kappa shape index (κ1) is 15.6. The Morgan fingerprint density at radius 3 is 2.20 bits per heavy atom. The molecule has 0 unspecified atom stereocenters. The van der Waals surface area contributed by atoms with Gasteiger partial charge in [0.05, 0.1) is 11.2 Å². The summed E-state index contributed by atoms with van der Waals surface area (Å²) in [5.41, 5.74) is 3.36. The summed E-state index contributed by atoms with van der Waals surface area (Å²) < 4.78 is 12.3. The molecule has 0 aromatic heterocycles. The maximum Gasteiger partial charge on any atom is 0.495 e. The first-order valence-corrected chi connectivity index (χ1v) is 7.72. The Morgan fingerprint density at radius 1 is 1.05 bits per heavy atom. The summed E-state index contributed by atoms with van der Waals surface area (Å²) >= 11 is 0. The van der Waals surface area contributed by atoms with E-state index in [1.807, 2.05) is 0 Å². The predicted octanol–water partition coefficient (Wildman–Crippen LogP) is 3.64. The third kappa shape index (κ3) is 2.80. The second-order valence-corrected chi connectivity index (χ2v) is 6.82. The summed E-state index contributed by atoms with van der Waals surface area (Å²) in [6, 6.07) is 6.48. The van der Waals surface area contributed by atoms with Crippen molar-refractivity contribution < 1.29 is 9.31 Å². The molecular weight excluding hydrogens is 247 g/mol. The smallest absolute Gasteiger partial charge is 0.399 e. The third-order valence-electron chi connectivity index (χ3n) is 4.79. The minimum absolute atomic E-state index is 0.249. The molecule has 2 rings (SSSR count). The van der Waals surface area contributed by atoms with Gasteiger partial charge in [-0.05, 0) is 64.1 Å². The molecule has 1 saturated heterocycles. The van der Waals surface area contributed by atoms with E-state index in [1.165, 1.54) is 29.4 Å². The molecule has 2 nitrogen and oxygen atoms in total. The minimum atomic E-state index is -0.274. The molecule has 0 radical (unpaired) electrons. The van der Waals surface area contributed by atoms with E-state index in [1.54, 1.807) is 0 Å². The van der Waals surface area contributed by atoms with Gasteiger partial charge in [0, 0.05) is 0 Å². The van der Waals surface area contributed by atoms with Gasteiger partial charge >= 0.3 is 7.12 Å². The van der Waals surface area contributed by atoms with Crippen LogP contribution >= 0.6 is 0 Å². The van der Waals surface area contributed by atoms with Crippen LogP contribution in [0.15, 0.2) is 18.2 Å². The van der Waals surface area contributed by atoms with Gasteiger partial charge in [0.15, 0.2) is 0 Å². The third-order valence-corrected chi connectivity index (χ3v) is 4.79. The topological polar surface area (TPSA) is 18.5 Å². The van der Waals surface area contributed by atoms with Crippen LogP contribution in [-0.4, -0.2) is 18.3 Å². The first-order chi connectivity index (χ1) is 9.28. The van der Waals surface area contributed by atoms with E-state index in [9.17, 15) is 0 Å². The number of unbranched alkanes of at least 4 members (excludes halogenated alkanes) is 1. The second kappa shape index (κ2) is 5.53. The number of benzene rings is 1. The van der Waals surface area contributed by atoms with Gasteiger partial charge in [0.1, 0.15) is 0 Å². The largest absolute Gasteiger partial charge is 0.495 e. The Morgan fingerprint density at radius 2 is 1.65 bits per heavy atom. The average Bonchev–Trinajstić information content (AvgIpc) is 2.57. The fraction of sp³-hybridized carbons (Fsp3) is 0.647. The van der Waals surface area contributed by atoms with E-state index in [0.717, 1.165) is 6.42 Å². The van der Waals surface area contributed by atoms with Crippen LogP contribution in [0.5, 0.6) is 0 Å². The lowest BCUT2D eigenvalue weighted by Gasteiger charge is -2.32. The Labute approximate surface area is 124 Å². The Hall–Kier alpha value is -0.795. The van der Waals surface area contributed by atoms with Crippen molar-refractivity contribution in [2.75, 3.05) is 0 Å². The maximum absolute atomic E-state index is 6.17. The Kier molecular flexibility index (Phi) is 4.31. The van der Waals surface area contributed by atoms with Gasteiger partial charge in [-0.25, -0.2) is 0 Å². The zero-order valence-electron chi connectivity index (χ0n) is 13.7. The molecule has 1 aromatic rings. The zero-order chi connectivity index (χ0) is 15.0. The van der Waals surface area contributed by atoms with Gasteiger partial charge in [-0.2, -0.15) is 0 Å². The molecular formula is C17H27BO2. The monoisotopic (exact) mass is 274 g/mol. The van der Waals surface area contributed by atoms with Crippen LogP contribution in [0.4, 0.5) is 0 Å². The highest BCUT2D eigenvalue weighted by Gasteiger charge is 2.52. The molecule has 0 atom stereocenters. The molecule has 1 aromatic carbocycles. The molecule has 20 heavy (non-hydrogen) atoms. The van der Waals surface area contributed by atoms with E-state index < -0.39 is 0 Å². The van der Waals surface area contributed by atoms with Crippen LogP contribution in [0.3, 0.4) is 0 Å². The molecule has 0 aliphatic carbocycles. The van der Waals surface area contributed by atoms with Crippen molar-refractivity contribution in [3.05, 3.63) is 29.3 Å². The highest BCUT2D eigenvalue weighted by molar-refractivity contribution is 6.62. The van der Waals surface area contributed by atoms with Gasteiger partial charge < -0.3 is 9.31 Å². The molecule has 0 N–H and O–H groups in total. The molecule has 0 spiro atoms. The summed E-state index contributed by atoms with van der Waals surface area (Å²) in [5, 5.41) is 0. The van der Waals surface area contributed by atoms with Crippen LogP contribution in [0.25, 0.3) is 0 Å². The summed E-state index contributed by atoms with van der Waals surface area (Å²) in [4.78, 5) is 0. The molecule has 110 valence electrons. The molecule has 1 aliphatic heterocycles. The second-order valence-electron chi connectivity index (χ2n) is 6.82. The Bertz CT molecular complexity index is 464. The van der Waals surface area contributed by atoms with Crippen LogP contribution in [0.1, 0.15) is 58.6 Å². The normalized spacial score (nSPS) is 20.4. The van der Waals surface area contributed by atoms with Gasteiger partial charge in [-0.15, -0.1) is 0 Å². The number of hydrogen-bond donors (Lipinski definition) is 0. The van der Waals surface area contributed by atoms with Crippen LogP contribution < -0.4 is 5.46 Å². The van der Waals surface area contributed by atoms with Crippen LogP contribution in [0, 0.1) is 6.92 Å². The molecule has 0 saturated carbocycles. The van der Waals surface area contributed by atoms with Gasteiger partial charge in [-0.1, -0.05) is 31.5 Å². The minimum Gasteiger partial charge on any atom is -0.399 e. The van der Waals surface area contributed by atoms with Crippen molar-refractivity contribution in [3.63, 3.8) is 0 Å². The fourth-order valence-electron chi connectivity index (χ4n) is 2.57. The van der Waals surface area contributed by atoms with Crippen molar-refractivity contribution in [3.8, 4) is 0 Å². The number of hydrogen-bond acceptors (Lipinski definition) is 2. The quantitative estimate of drug-likeness (QED) is 0.780. The van der Waals surface area contributed by atoms with E-state index in [2.05, 4.69) is 59.7 Å². The van der Waals surface area contributed by atoms with Crippen molar-refractivity contribution in [2.45, 2.75) is 72.0 Å². The van der Waals surface area contributed by atoms with E-state index >= 15 is 0 Å². The molecule has 1 heterocycles. The lowest BCUT2D eigenvalue weighted by Crippen LogP contribution is -2.41. The van der Waals surface area contributed by atoms with Crippen molar-refractivity contribution >= 4 is 12.6 Å². The standard InChI is InChI=1S/C17H27BO2/c1-7-8-10-14-11-9-12-15(13(14)2)18-19-16(3,4)17(5,6)20-18/h9,11-12H,7-8,10H2,1-6H3. The van der Waals surface area contributed by atoms with E-state index in [-0.39, 0.29) is 18.3 Å². The fourth-order valence-corrected chi connectivity index (χ4v) is 2.57. The summed E-state index contributed by atoms with van der Waals surface area (Å²) in [6.45, 7) is 12.8. The molecule has 1 fully saturated rings. The zero-order valence-corrected chi connectivity index (χ0v) is 13.7. The molecule has 0 amide bonds. The summed E-state index contributed by atoms with van der Waals surface area (Å²) in [7, 11) is -0.249. The van der Waals surface area contributed by atoms with Crippen molar-refractivity contribution in [1.82, 2.24) is 0 Å². The SMILES string of the molecule is CCCCc1cccc(B2OC(C)(C)C(C)(C)O2)c1C. The van der Waals surface area contributed by atoms with E-state index in [0.29, 0.717) is 0 Å². The Balaban J connectivity index is 2.26. The average molecular weight is 274 g/mol. The highest BCUT2D eigenvalue weighted by atomic mass is 16.7. The highest BCUT2D eigenvalue weighted by Crippen LogP contribution is 2.36. The molecule has 1 aliphatic rings. The number of aryl methyl sites for hydroxylation is 1. The molecule has 0 bridgehead atoms. The maximum atomic E-state index is 6.17. The first-order valence-electron chi connectivity index (χ1n) is 7.72. The van der Waals surface area contributed by atoms with Crippen molar-refractivity contribution in [1.29, 1.82) is 0 Å². The molecule has 3 heteroatoms. The van der Waals surface area contributed by atoms with Gasteiger partial charge in [0.2, 0.25) is 0 Å². The summed E-state index contributed by atoms with van der Waals surface area (Å²) in [6.07, 6.45) is 3.59. The predicted molar refractivity (Wildman–Crippen MR) is 85.5 cm³/mol. The lowest BCUT2D eigenvalue weighted by atomic mass is 9.74. The van der Waals surface area contributed by atoms with Gasteiger partial charge in [-0.3, -0.25) is 0 Å². The van der Waals surface area contributed by atoms with Gasteiger partial charge in [0.25, 0.3) is 0 Å².